The lowest BCUT2D eigenvalue weighted by Gasteiger charge is -2.36. The molecule has 0 saturated heterocycles. The van der Waals surface area contributed by atoms with Gasteiger partial charge in [0.15, 0.2) is 0 Å². The third-order valence-corrected chi connectivity index (χ3v) is 3.79. The lowest BCUT2D eigenvalue weighted by Crippen LogP contribution is -2.39. The smallest absolute Gasteiger partial charge is 0.148 e. The van der Waals surface area contributed by atoms with Crippen LogP contribution in [-0.4, -0.2) is 23.3 Å². The van der Waals surface area contributed by atoms with Gasteiger partial charge < -0.3 is 11.1 Å². The van der Waals surface area contributed by atoms with E-state index in [1.54, 1.807) is 0 Å². The van der Waals surface area contributed by atoms with Gasteiger partial charge in [-0.05, 0) is 43.9 Å². The van der Waals surface area contributed by atoms with Gasteiger partial charge in [0.1, 0.15) is 5.82 Å². The van der Waals surface area contributed by atoms with E-state index >= 15 is 0 Å². The van der Waals surface area contributed by atoms with E-state index < -0.39 is 0 Å². The Morgan fingerprint density at radius 3 is 2.59 bits per heavy atom. The fourth-order valence-electron chi connectivity index (χ4n) is 2.53. The van der Waals surface area contributed by atoms with Crippen molar-refractivity contribution in [2.24, 2.45) is 11.1 Å². The van der Waals surface area contributed by atoms with E-state index in [-0.39, 0.29) is 5.41 Å². The van der Waals surface area contributed by atoms with Crippen LogP contribution in [0.25, 0.3) is 0 Å². The van der Waals surface area contributed by atoms with Gasteiger partial charge in [-0.25, -0.2) is 0 Å². The second kappa shape index (κ2) is 5.45. The standard InChI is InChI=1S/C13H22N4/c1-11-5-6-12(17-16-11)15-10-13(9-14)7-3-2-4-8-13/h5-6H,2-4,7-10,14H2,1H3,(H,15,17). The van der Waals surface area contributed by atoms with Gasteiger partial charge in [-0.3, -0.25) is 0 Å². The van der Waals surface area contributed by atoms with Gasteiger partial charge in [0, 0.05) is 6.54 Å². The quantitative estimate of drug-likeness (QED) is 0.837. The summed E-state index contributed by atoms with van der Waals surface area (Å²) in [5, 5.41) is 11.6. The van der Waals surface area contributed by atoms with Crippen molar-refractivity contribution in [1.82, 2.24) is 10.2 Å². The Balaban J connectivity index is 1.93. The zero-order valence-corrected chi connectivity index (χ0v) is 10.6. The first kappa shape index (κ1) is 12.3. The van der Waals surface area contributed by atoms with Crippen molar-refractivity contribution in [1.29, 1.82) is 0 Å². The molecule has 0 unspecified atom stereocenters. The second-order valence-corrected chi connectivity index (χ2v) is 5.18. The van der Waals surface area contributed by atoms with Crippen molar-refractivity contribution in [3.8, 4) is 0 Å². The van der Waals surface area contributed by atoms with Crippen LogP contribution in [0.2, 0.25) is 0 Å². The number of aromatic nitrogens is 2. The summed E-state index contributed by atoms with van der Waals surface area (Å²) in [6.45, 7) is 3.62. The number of hydrogen-bond acceptors (Lipinski definition) is 4. The number of hydrogen-bond donors (Lipinski definition) is 2. The Bertz CT molecular complexity index is 341. The number of nitrogens with one attached hydrogen (secondary N) is 1. The maximum Gasteiger partial charge on any atom is 0.148 e. The van der Waals surface area contributed by atoms with E-state index in [2.05, 4.69) is 15.5 Å². The number of nitrogens with zero attached hydrogens (tertiary/aromatic N) is 2. The second-order valence-electron chi connectivity index (χ2n) is 5.18. The topological polar surface area (TPSA) is 63.8 Å². The summed E-state index contributed by atoms with van der Waals surface area (Å²) in [4.78, 5) is 0. The maximum atomic E-state index is 5.95. The van der Waals surface area contributed by atoms with Crippen LogP contribution < -0.4 is 11.1 Å². The van der Waals surface area contributed by atoms with Gasteiger partial charge in [-0.1, -0.05) is 19.3 Å². The van der Waals surface area contributed by atoms with Crippen LogP contribution >= 0.6 is 0 Å². The first-order valence-corrected chi connectivity index (χ1v) is 6.48. The molecule has 2 rings (SSSR count). The molecule has 0 radical (unpaired) electrons. The minimum absolute atomic E-state index is 0.269. The highest BCUT2D eigenvalue weighted by Gasteiger charge is 2.30. The van der Waals surface area contributed by atoms with E-state index in [1.807, 2.05) is 19.1 Å². The summed E-state index contributed by atoms with van der Waals surface area (Å²) < 4.78 is 0. The fourth-order valence-corrected chi connectivity index (χ4v) is 2.53. The molecule has 1 fully saturated rings. The van der Waals surface area contributed by atoms with Crippen LogP contribution in [0.1, 0.15) is 37.8 Å². The van der Waals surface area contributed by atoms with Gasteiger partial charge in [0.25, 0.3) is 0 Å². The summed E-state index contributed by atoms with van der Waals surface area (Å²) >= 11 is 0. The van der Waals surface area contributed by atoms with Crippen molar-refractivity contribution in [2.75, 3.05) is 18.4 Å². The van der Waals surface area contributed by atoms with Gasteiger partial charge >= 0.3 is 0 Å². The van der Waals surface area contributed by atoms with Gasteiger partial charge in [0.2, 0.25) is 0 Å². The van der Waals surface area contributed by atoms with Crippen LogP contribution in [0.5, 0.6) is 0 Å². The van der Waals surface area contributed by atoms with E-state index in [1.165, 1.54) is 32.1 Å². The molecule has 0 aromatic carbocycles. The predicted octanol–water partition coefficient (Wildman–Crippen LogP) is 2.11. The van der Waals surface area contributed by atoms with Crippen LogP contribution in [0.15, 0.2) is 12.1 Å². The molecule has 1 aromatic rings. The number of rotatable bonds is 4. The molecule has 4 nitrogen and oxygen atoms in total. The maximum absolute atomic E-state index is 5.95. The summed E-state index contributed by atoms with van der Waals surface area (Å²) in [6.07, 6.45) is 6.43. The molecule has 1 heterocycles. The van der Waals surface area contributed by atoms with Crippen LogP contribution in [0, 0.1) is 12.3 Å². The molecule has 0 bridgehead atoms. The molecule has 3 N–H and O–H groups in total. The van der Waals surface area contributed by atoms with Crippen molar-refractivity contribution in [3.05, 3.63) is 17.8 Å². The van der Waals surface area contributed by atoms with E-state index in [9.17, 15) is 0 Å². The zero-order chi connectivity index (χ0) is 12.1. The largest absolute Gasteiger partial charge is 0.368 e. The molecule has 0 amide bonds. The average molecular weight is 234 g/mol. The van der Waals surface area contributed by atoms with Gasteiger partial charge in [0.05, 0.1) is 5.69 Å². The first-order valence-electron chi connectivity index (χ1n) is 6.48. The van der Waals surface area contributed by atoms with Crippen molar-refractivity contribution < 1.29 is 0 Å². The van der Waals surface area contributed by atoms with Crippen LogP contribution in [0.4, 0.5) is 5.82 Å². The van der Waals surface area contributed by atoms with Crippen LogP contribution in [-0.2, 0) is 0 Å². The highest BCUT2D eigenvalue weighted by molar-refractivity contribution is 5.33. The Morgan fingerprint density at radius 1 is 1.24 bits per heavy atom. The number of nitrogens with two attached hydrogens (primary N) is 1. The Hall–Kier alpha value is -1.16. The molecule has 0 spiro atoms. The fraction of sp³-hybridized carbons (Fsp3) is 0.692. The summed E-state index contributed by atoms with van der Waals surface area (Å²) in [7, 11) is 0. The third kappa shape index (κ3) is 3.16. The molecule has 1 aromatic heterocycles. The Morgan fingerprint density at radius 2 is 2.00 bits per heavy atom. The molecular formula is C13H22N4. The zero-order valence-electron chi connectivity index (χ0n) is 10.6. The Kier molecular flexibility index (Phi) is 3.94. The lowest BCUT2D eigenvalue weighted by molar-refractivity contribution is 0.215. The first-order chi connectivity index (χ1) is 8.24. The lowest BCUT2D eigenvalue weighted by atomic mass is 9.74. The molecule has 17 heavy (non-hydrogen) atoms. The van der Waals surface area contributed by atoms with Crippen LogP contribution in [0.3, 0.4) is 0 Å². The molecule has 94 valence electrons. The third-order valence-electron chi connectivity index (χ3n) is 3.79. The molecule has 0 aliphatic heterocycles. The molecule has 1 aliphatic rings. The number of anilines is 1. The number of aryl methyl sites for hydroxylation is 1. The minimum Gasteiger partial charge on any atom is -0.368 e. The summed E-state index contributed by atoms with van der Waals surface area (Å²) in [5.41, 5.74) is 7.17. The predicted molar refractivity (Wildman–Crippen MR) is 69.8 cm³/mol. The Labute approximate surface area is 103 Å². The van der Waals surface area contributed by atoms with E-state index in [4.69, 9.17) is 5.73 Å². The molecule has 4 heteroatoms. The molecular weight excluding hydrogens is 212 g/mol. The highest BCUT2D eigenvalue weighted by atomic mass is 15.2. The van der Waals surface area contributed by atoms with Crippen molar-refractivity contribution in [2.45, 2.75) is 39.0 Å². The summed E-state index contributed by atoms with van der Waals surface area (Å²) in [6, 6.07) is 3.96. The molecule has 1 aliphatic carbocycles. The molecule has 1 saturated carbocycles. The van der Waals surface area contributed by atoms with Crippen molar-refractivity contribution in [3.63, 3.8) is 0 Å². The highest BCUT2D eigenvalue weighted by Crippen LogP contribution is 2.35. The normalized spacial score (nSPS) is 18.9. The van der Waals surface area contributed by atoms with Crippen molar-refractivity contribution >= 4 is 5.82 Å². The minimum atomic E-state index is 0.269. The molecule has 0 atom stereocenters. The summed E-state index contributed by atoms with van der Waals surface area (Å²) in [5.74, 6) is 0.856. The van der Waals surface area contributed by atoms with E-state index in [0.29, 0.717) is 0 Å². The SMILES string of the molecule is Cc1ccc(NCC2(CN)CCCCC2)nn1. The van der Waals surface area contributed by atoms with Gasteiger partial charge in [-0.2, -0.15) is 5.10 Å². The van der Waals surface area contributed by atoms with Gasteiger partial charge in [-0.15, -0.1) is 5.10 Å². The average Bonchev–Trinajstić information content (AvgIpc) is 2.39. The van der Waals surface area contributed by atoms with E-state index in [0.717, 1.165) is 24.6 Å². The monoisotopic (exact) mass is 234 g/mol.